The number of carbonyl (C=O) groups excluding carboxylic acids is 2. The van der Waals surface area contributed by atoms with Crippen LogP contribution in [0.2, 0.25) is 0 Å². The van der Waals surface area contributed by atoms with Crippen molar-refractivity contribution in [2.75, 3.05) is 26.1 Å². The minimum Gasteiger partial charge on any atom is -0.497 e. The number of rotatable bonds is 9. The van der Waals surface area contributed by atoms with E-state index in [1.165, 1.54) is 74.6 Å². The molecule has 10 heteroatoms. The molecular formula is C30H34FN3O5S. The Labute approximate surface area is 234 Å². The molecule has 3 aromatic rings. The van der Waals surface area contributed by atoms with Gasteiger partial charge in [-0.2, -0.15) is 0 Å². The van der Waals surface area contributed by atoms with Crippen LogP contribution in [0.1, 0.15) is 54.1 Å². The van der Waals surface area contributed by atoms with Crippen molar-refractivity contribution in [3.63, 3.8) is 0 Å². The third-order valence-corrected chi connectivity index (χ3v) is 8.92. The molecular weight excluding hydrogens is 533 g/mol. The summed E-state index contributed by atoms with van der Waals surface area (Å²) in [5.41, 5.74) is 1.04. The fourth-order valence-electron chi connectivity index (χ4n) is 4.84. The van der Waals surface area contributed by atoms with Crippen LogP contribution in [-0.4, -0.2) is 51.8 Å². The van der Waals surface area contributed by atoms with Crippen molar-refractivity contribution in [3.8, 4) is 5.75 Å². The summed E-state index contributed by atoms with van der Waals surface area (Å²) in [4.78, 5) is 29.5. The topological polar surface area (TPSA) is 96.0 Å². The lowest BCUT2D eigenvalue weighted by Gasteiger charge is -2.33. The Morgan fingerprint density at radius 3 is 2.05 bits per heavy atom. The highest BCUT2D eigenvalue weighted by molar-refractivity contribution is 7.89. The molecule has 0 spiro atoms. The first-order chi connectivity index (χ1) is 19.1. The van der Waals surface area contributed by atoms with E-state index in [-0.39, 0.29) is 22.4 Å². The van der Waals surface area contributed by atoms with E-state index in [1.54, 1.807) is 24.3 Å². The molecule has 1 aliphatic rings. The number of nitrogens with zero attached hydrogens (tertiary/aromatic N) is 2. The Kier molecular flexibility index (Phi) is 9.21. The van der Waals surface area contributed by atoms with E-state index in [1.807, 2.05) is 0 Å². The third kappa shape index (κ3) is 6.51. The summed E-state index contributed by atoms with van der Waals surface area (Å²) in [6.45, 7) is 0. The van der Waals surface area contributed by atoms with Gasteiger partial charge in [-0.3, -0.25) is 14.5 Å². The fourth-order valence-corrected chi connectivity index (χ4v) is 5.74. The van der Waals surface area contributed by atoms with Gasteiger partial charge in [0.15, 0.2) is 0 Å². The molecule has 3 aromatic carbocycles. The molecule has 0 bridgehead atoms. The molecule has 1 N–H and O–H groups in total. The zero-order valence-electron chi connectivity index (χ0n) is 22.8. The first-order valence-corrected chi connectivity index (χ1v) is 14.6. The van der Waals surface area contributed by atoms with E-state index in [2.05, 4.69) is 5.32 Å². The monoisotopic (exact) mass is 567 g/mol. The zero-order valence-corrected chi connectivity index (χ0v) is 23.7. The number of nitrogens with one attached hydrogen (secondary N) is 1. The molecule has 0 aromatic heterocycles. The van der Waals surface area contributed by atoms with Gasteiger partial charge in [0.2, 0.25) is 15.9 Å². The van der Waals surface area contributed by atoms with E-state index >= 15 is 0 Å². The second kappa shape index (κ2) is 12.6. The highest BCUT2D eigenvalue weighted by Crippen LogP contribution is 2.32. The minimum atomic E-state index is -3.70. The van der Waals surface area contributed by atoms with Crippen LogP contribution in [0.5, 0.6) is 5.75 Å². The molecule has 212 valence electrons. The molecule has 0 unspecified atom stereocenters. The summed E-state index contributed by atoms with van der Waals surface area (Å²) in [6, 6.07) is 16.7. The van der Waals surface area contributed by atoms with E-state index in [9.17, 15) is 22.4 Å². The van der Waals surface area contributed by atoms with Crippen molar-refractivity contribution in [2.45, 2.75) is 49.1 Å². The first-order valence-electron chi connectivity index (χ1n) is 13.2. The van der Waals surface area contributed by atoms with Crippen LogP contribution in [0.15, 0.2) is 77.7 Å². The minimum absolute atomic E-state index is 0.0208. The van der Waals surface area contributed by atoms with Crippen molar-refractivity contribution in [1.29, 1.82) is 0 Å². The number of amides is 2. The number of benzene rings is 3. The van der Waals surface area contributed by atoms with E-state index < -0.39 is 27.8 Å². The summed E-state index contributed by atoms with van der Waals surface area (Å²) in [5, 5.41) is 3.12. The lowest BCUT2D eigenvalue weighted by molar-refractivity contribution is -0.123. The van der Waals surface area contributed by atoms with Gasteiger partial charge in [-0.05, 0) is 79.1 Å². The SMILES string of the molecule is COc1ccc(N(C(=O)c2ccc(S(=O)(=O)N(C)C)cc2)[C@H](C(=O)NC2CCCCC2)c2ccc(F)cc2)cc1. The number of ether oxygens (including phenoxy) is 1. The molecule has 0 radical (unpaired) electrons. The van der Waals surface area contributed by atoms with Crippen LogP contribution in [-0.2, 0) is 14.8 Å². The van der Waals surface area contributed by atoms with E-state index in [4.69, 9.17) is 4.74 Å². The van der Waals surface area contributed by atoms with Crippen molar-refractivity contribution < 1.29 is 27.1 Å². The van der Waals surface area contributed by atoms with Crippen LogP contribution in [0.3, 0.4) is 0 Å². The summed E-state index contributed by atoms with van der Waals surface area (Å²) >= 11 is 0. The van der Waals surface area contributed by atoms with E-state index in [0.717, 1.165) is 36.4 Å². The molecule has 1 saturated carbocycles. The molecule has 1 fully saturated rings. The van der Waals surface area contributed by atoms with Crippen molar-refractivity contribution in [1.82, 2.24) is 9.62 Å². The normalized spacial score (nSPS) is 14.9. The van der Waals surface area contributed by atoms with Crippen LogP contribution in [0, 0.1) is 5.82 Å². The second-order valence-electron chi connectivity index (χ2n) is 9.98. The largest absolute Gasteiger partial charge is 0.497 e. The molecule has 4 rings (SSSR count). The van der Waals surface area contributed by atoms with Crippen LogP contribution < -0.4 is 15.0 Å². The van der Waals surface area contributed by atoms with Gasteiger partial charge in [-0.15, -0.1) is 0 Å². The average molecular weight is 568 g/mol. The van der Waals surface area contributed by atoms with E-state index in [0.29, 0.717) is 17.0 Å². The molecule has 0 saturated heterocycles. The van der Waals surface area contributed by atoms with Crippen molar-refractivity contribution >= 4 is 27.5 Å². The number of hydrogen-bond donors (Lipinski definition) is 1. The number of methoxy groups -OCH3 is 1. The smallest absolute Gasteiger partial charge is 0.259 e. The molecule has 0 heterocycles. The Balaban J connectivity index is 1.80. The van der Waals surface area contributed by atoms with Crippen molar-refractivity contribution in [2.24, 2.45) is 0 Å². The van der Waals surface area contributed by atoms with Gasteiger partial charge in [-0.1, -0.05) is 31.4 Å². The Bertz CT molecular complexity index is 1420. The molecule has 40 heavy (non-hydrogen) atoms. The highest BCUT2D eigenvalue weighted by atomic mass is 32.2. The summed E-state index contributed by atoms with van der Waals surface area (Å²) in [7, 11) is 0.687. The molecule has 1 atom stereocenters. The van der Waals surface area contributed by atoms with Gasteiger partial charge in [0.05, 0.1) is 12.0 Å². The maximum absolute atomic E-state index is 14.2. The Hall–Kier alpha value is -3.76. The summed E-state index contributed by atoms with van der Waals surface area (Å²) in [6.07, 6.45) is 4.83. The van der Waals surface area contributed by atoms with Gasteiger partial charge in [0.25, 0.3) is 5.91 Å². The number of carbonyl (C=O) groups is 2. The number of sulfonamides is 1. The van der Waals surface area contributed by atoms with Crippen molar-refractivity contribution in [3.05, 3.63) is 89.7 Å². The number of halogens is 1. The Morgan fingerprint density at radius 1 is 0.900 bits per heavy atom. The first kappa shape index (κ1) is 29.2. The lowest BCUT2D eigenvalue weighted by Crippen LogP contribution is -2.47. The molecule has 0 aliphatic heterocycles. The highest BCUT2D eigenvalue weighted by Gasteiger charge is 2.35. The van der Waals surface area contributed by atoms with Gasteiger partial charge in [0, 0.05) is 31.4 Å². The quantitative estimate of drug-likeness (QED) is 0.396. The Morgan fingerprint density at radius 2 is 1.50 bits per heavy atom. The zero-order chi connectivity index (χ0) is 28.9. The van der Waals surface area contributed by atoms with Gasteiger partial charge in [0.1, 0.15) is 17.6 Å². The van der Waals surface area contributed by atoms with Gasteiger partial charge >= 0.3 is 0 Å². The molecule has 1 aliphatic carbocycles. The van der Waals surface area contributed by atoms with Gasteiger partial charge < -0.3 is 10.1 Å². The number of hydrogen-bond acceptors (Lipinski definition) is 5. The molecule has 8 nitrogen and oxygen atoms in total. The molecule has 2 amide bonds. The van der Waals surface area contributed by atoms with Gasteiger partial charge in [-0.25, -0.2) is 17.1 Å². The maximum atomic E-state index is 14.2. The third-order valence-electron chi connectivity index (χ3n) is 7.09. The standard InChI is InChI=1S/C30H34FN3O5S/c1-33(2)40(37,38)27-19-11-22(12-20-27)30(36)34(25-15-17-26(39-3)18-16-25)28(21-9-13-23(31)14-10-21)29(35)32-24-7-5-4-6-8-24/h9-20,24,28H,4-8H2,1-3H3,(H,32,35)/t28-/m0/s1. The average Bonchev–Trinajstić information content (AvgIpc) is 2.96. The fraction of sp³-hybridized carbons (Fsp3) is 0.333. The lowest BCUT2D eigenvalue weighted by atomic mass is 9.94. The summed E-state index contributed by atoms with van der Waals surface area (Å²) in [5.74, 6) is -0.795. The van der Waals surface area contributed by atoms with Crippen LogP contribution >= 0.6 is 0 Å². The maximum Gasteiger partial charge on any atom is 0.259 e. The van der Waals surface area contributed by atoms with Crippen LogP contribution in [0.25, 0.3) is 0 Å². The van der Waals surface area contributed by atoms with Crippen LogP contribution in [0.4, 0.5) is 10.1 Å². The predicted octanol–water partition coefficient (Wildman–Crippen LogP) is 4.92. The second-order valence-corrected chi connectivity index (χ2v) is 12.1. The predicted molar refractivity (Wildman–Crippen MR) is 151 cm³/mol. The number of anilines is 1. The summed E-state index contributed by atoms with van der Waals surface area (Å²) < 4.78 is 45.4.